The highest BCUT2D eigenvalue weighted by atomic mass is 32.2. The van der Waals surface area contributed by atoms with Crippen molar-refractivity contribution in [2.75, 3.05) is 0 Å². The lowest BCUT2D eigenvalue weighted by Gasteiger charge is -2.17. The molecule has 130 valence electrons. The Morgan fingerprint density at radius 3 is 1.58 bits per heavy atom. The molecule has 0 saturated heterocycles. The topological polar surface area (TPSA) is 0 Å². The molecule has 0 aromatic heterocycles. The van der Waals surface area contributed by atoms with Gasteiger partial charge in [0.25, 0.3) is 0 Å². The standard InChI is InChI=1S/C22H30S2/c1-4-5-6-7-8-9-22(23-20-14-10-18(2)11-15-20)24-21-16-12-19(3)13-17-21/h10-17,22H,4-9H2,1-3H3. The van der Waals surface area contributed by atoms with Crippen molar-refractivity contribution in [3.8, 4) is 0 Å². The number of unbranched alkanes of at least 4 members (excludes halogenated alkanes) is 4. The van der Waals surface area contributed by atoms with Gasteiger partial charge in [-0.1, -0.05) is 74.4 Å². The second-order valence-corrected chi connectivity index (χ2v) is 9.34. The SMILES string of the molecule is CCCCCCCC(Sc1ccc(C)cc1)Sc1ccc(C)cc1. The Morgan fingerprint density at radius 2 is 1.12 bits per heavy atom. The lowest BCUT2D eigenvalue weighted by atomic mass is 10.1. The van der Waals surface area contributed by atoms with Crippen LogP contribution in [0.3, 0.4) is 0 Å². The van der Waals surface area contributed by atoms with Crippen LogP contribution >= 0.6 is 23.5 Å². The fourth-order valence-electron chi connectivity index (χ4n) is 2.59. The van der Waals surface area contributed by atoms with E-state index in [1.807, 2.05) is 23.5 Å². The molecule has 0 radical (unpaired) electrons. The summed E-state index contributed by atoms with van der Waals surface area (Å²) in [5, 5.41) is 0. The molecule has 0 heterocycles. The van der Waals surface area contributed by atoms with Gasteiger partial charge in [0.15, 0.2) is 0 Å². The first-order valence-electron chi connectivity index (χ1n) is 9.14. The average Bonchev–Trinajstić information content (AvgIpc) is 2.58. The lowest BCUT2D eigenvalue weighted by Crippen LogP contribution is -1.97. The fraction of sp³-hybridized carbons (Fsp3) is 0.455. The average molecular weight is 359 g/mol. The van der Waals surface area contributed by atoms with Crippen LogP contribution in [0.2, 0.25) is 0 Å². The van der Waals surface area contributed by atoms with E-state index in [2.05, 4.69) is 69.3 Å². The molecule has 2 rings (SSSR count). The fourth-order valence-corrected chi connectivity index (χ4v) is 5.22. The zero-order valence-corrected chi connectivity index (χ0v) is 16.9. The molecule has 2 aromatic rings. The molecule has 0 N–H and O–H groups in total. The van der Waals surface area contributed by atoms with Gasteiger partial charge in [0.1, 0.15) is 0 Å². The van der Waals surface area contributed by atoms with Crippen molar-refractivity contribution in [2.45, 2.75) is 73.7 Å². The predicted molar refractivity (Wildman–Crippen MR) is 111 cm³/mol. The van der Waals surface area contributed by atoms with Gasteiger partial charge in [-0.15, -0.1) is 23.5 Å². The predicted octanol–water partition coefficient (Wildman–Crippen LogP) is 7.87. The Labute approximate surface area is 156 Å². The van der Waals surface area contributed by atoms with Gasteiger partial charge in [0, 0.05) is 9.79 Å². The van der Waals surface area contributed by atoms with Crippen LogP contribution in [0.15, 0.2) is 58.3 Å². The number of hydrogen-bond donors (Lipinski definition) is 0. The van der Waals surface area contributed by atoms with Crippen LogP contribution in [-0.4, -0.2) is 4.58 Å². The third-order valence-electron chi connectivity index (χ3n) is 4.12. The lowest BCUT2D eigenvalue weighted by molar-refractivity contribution is 0.622. The van der Waals surface area contributed by atoms with Crippen molar-refractivity contribution in [1.82, 2.24) is 0 Å². The van der Waals surface area contributed by atoms with Crippen molar-refractivity contribution in [3.05, 3.63) is 59.7 Å². The summed E-state index contributed by atoms with van der Waals surface area (Å²) >= 11 is 4.05. The van der Waals surface area contributed by atoms with Crippen LogP contribution in [0.5, 0.6) is 0 Å². The molecule has 0 bridgehead atoms. The van der Waals surface area contributed by atoms with Gasteiger partial charge in [-0.3, -0.25) is 0 Å². The molecule has 0 amide bonds. The number of rotatable bonds is 10. The van der Waals surface area contributed by atoms with Gasteiger partial charge < -0.3 is 0 Å². The van der Waals surface area contributed by atoms with Crippen molar-refractivity contribution in [3.63, 3.8) is 0 Å². The van der Waals surface area contributed by atoms with Crippen LogP contribution in [0.1, 0.15) is 56.6 Å². The summed E-state index contributed by atoms with van der Waals surface area (Å²) in [4.78, 5) is 2.78. The summed E-state index contributed by atoms with van der Waals surface area (Å²) in [7, 11) is 0. The van der Waals surface area contributed by atoms with E-state index in [-0.39, 0.29) is 0 Å². The highest BCUT2D eigenvalue weighted by Crippen LogP contribution is 2.38. The summed E-state index contributed by atoms with van der Waals surface area (Å²) in [5.74, 6) is 0. The van der Waals surface area contributed by atoms with E-state index >= 15 is 0 Å². The highest BCUT2D eigenvalue weighted by Gasteiger charge is 2.12. The van der Waals surface area contributed by atoms with Gasteiger partial charge >= 0.3 is 0 Å². The summed E-state index contributed by atoms with van der Waals surface area (Å²) in [6, 6.07) is 17.9. The van der Waals surface area contributed by atoms with Crippen LogP contribution in [0.25, 0.3) is 0 Å². The first kappa shape index (κ1) is 19.5. The molecular weight excluding hydrogens is 328 g/mol. The molecule has 0 saturated carbocycles. The van der Waals surface area contributed by atoms with Gasteiger partial charge in [-0.05, 0) is 44.5 Å². The maximum Gasteiger partial charge on any atom is 0.0596 e. The number of aryl methyl sites for hydroxylation is 2. The third kappa shape index (κ3) is 7.36. The van der Waals surface area contributed by atoms with E-state index in [0.717, 1.165) is 0 Å². The van der Waals surface area contributed by atoms with E-state index in [1.165, 1.54) is 59.4 Å². The van der Waals surface area contributed by atoms with Crippen LogP contribution < -0.4 is 0 Å². The molecular formula is C22H30S2. The zero-order valence-electron chi connectivity index (χ0n) is 15.3. The number of benzene rings is 2. The maximum atomic E-state index is 2.28. The number of hydrogen-bond acceptors (Lipinski definition) is 2. The normalized spacial score (nSPS) is 11.2. The molecule has 0 aliphatic heterocycles. The van der Waals surface area contributed by atoms with Gasteiger partial charge in [0.2, 0.25) is 0 Å². The molecule has 0 aliphatic rings. The Hall–Kier alpha value is -0.860. The molecule has 2 aromatic carbocycles. The molecule has 0 fully saturated rings. The minimum Gasteiger partial charge on any atom is -0.111 e. The second-order valence-electron chi connectivity index (χ2n) is 6.49. The molecule has 0 unspecified atom stereocenters. The first-order valence-corrected chi connectivity index (χ1v) is 10.9. The highest BCUT2D eigenvalue weighted by molar-refractivity contribution is 8.17. The number of thioether (sulfide) groups is 2. The van der Waals surface area contributed by atoms with Crippen molar-refractivity contribution >= 4 is 23.5 Å². The van der Waals surface area contributed by atoms with Gasteiger partial charge in [-0.2, -0.15) is 0 Å². The van der Waals surface area contributed by atoms with E-state index in [0.29, 0.717) is 4.58 Å². The molecule has 24 heavy (non-hydrogen) atoms. The van der Waals surface area contributed by atoms with Crippen LogP contribution in [0, 0.1) is 13.8 Å². The van der Waals surface area contributed by atoms with Gasteiger partial charge in [-0.25, -0.2) is 0 Å². The first-order chi connectivity index (χ1) is 11.7. The summed E-state index contributed by atoms with van der Waals surface area (Å²) in [5.41, 5.74) is 2.67. The molecule has 0 spiro atoms. The third-order valence-corrected chi connectivity index (χ3v) is 6.78. The largest absolute Gasteiger partial charge is 0.111 e. The minimum absolute atomic E-state index is 0.594. The molecule has 0 aliphatic carbocycles. The second kappa shape index (κ2) is 10.9. The van der Waals surface area contributed by atoms with Crippen LogP contribution in [0.4, 0.5) is 0 Å². The monoisotopic (exact) mass is 358 g/mol. The summed E-state index contributed by atoms with van der Waals surface area (Å²) in [6.45, 7) is 6.59. The zero-order chi connectivity index (χ0) is 17.2. The summed E-state index contributed by atoms with van der Waals surface area (Å²) < 4.78 is 0.594. The smallest absolute Gasteiger partial charge is 0.0596 e. The van der Waals surface area contributed by atoms with E-state index in [9.17, 15) is 0 Å². The maximum absolute atomic E-state index is 2.28. The van der Waals surface area contributed by atoms with Crippen LogP contribution in [-0.2, 0) is 0 Å². The molecule has 0 atom stereocenters. The van der Waals surface area contributed by atoms with Crippen molar-refractivity contribution < 1.29 is 0 Å². The Balaban J connectivity index is 1.94. The Morgan fingerprint density at radius 1 is 0.667 bits per heavy atom. The van der Waals surface area contributed by atoms with E-state index < -0.39 is 0 Å². The molecule has 0 nitrogen and oxygen atoms in total. The molecule has 2 heteroatoms. The summed E-state index contributed by atoms with van der Waals surface area (Å²) in [6.07, 6.45) is 8.06. The van der Waals surface area contributed by atoms with E-state index in [1.54, 1.807) is 0 Å². The quantitative estimate of drug-likeness (QED) is 0.241. The van der Waals surface area contributed by atoms with Crippen molar-refractivity contribution in [2.24, 2.45) is 0 Å². The Bertz CT molecular complexity index is 524. The Kier molecular flexibility index (Phi) is 8.83. The van der Waals surface area contributed by atoms with Gasteiger partial charge in [0.05, 0.1) is 4.58 Å². The van der Waals surface area contributed by atoms with E-state index in [4.69, 9.17) is 0 Å². The minimum atomic E-state index is 0.594. The van der Waals surface area contributed by atoms with Crippen molar-refractivity contribution in [1.29, 1.82) is 0 Å².